The molecule has 0 aromatic heterocycles. The number of nitrogens with zero attached hydrogens (tertiary/aromatic N) is 1. The largest absolute Gasteiger partial charge is 0.456 e. The molecule has 1 N–H and O–H groups in total. The average molecular weight is 312 g/mol. The average Bonchev–Trinajstić information content (AvgIpc) is 2.36. The van der Waals surface area contributed by atoms with Crippen LogP contribution in [0.2, 0.25) is 0 Å². The van der Waals surface area contributed by atoms with Gasteiger partial charge >= 0.3 is 5.97 Å². The topological polar surface area (TPSA) is 98.5 Å². The van der Waals surface area contributed by atoms with Crippen LogP contribution in [-0.4, -0.2) is 23.4 Å². The van der Waals surface area contributed by atoms with Gasteiger partial charge in [-0.25, -0.2) is 4.39 Å². The first-order valence-corrected chi connectivity index (χ1v) is 6.48. The molecule has 22 heavy (non-hydrogen) atoms. The van der Waals surface area contributed by atoms with Crippen molar-refractivity contribution in [2.45, 2.75) is 27.2 Å². The fraction of sp³-hybridized carbons (Fsp3) is 0.429. The van der Waals surface area contributed by atoms with Gasteiger partial charge in [-0.05, 0) is 11.5 Å². The molecule has 7 nitrogen and oxygen atoms in total. The van der Waals surface area contributed by atoms with Gasteiger partial charge in [0.15, 0.2) is 6.61 Å². The number of halogens is 1. The Morgan fingerprint density at radius 1 is 1.36 bits per heavy atom. The predicted octanol–water partition coefficient (Wildman–Crippen LogP) is 2.65. The molecule has 0 heterocycles. The van der Waals surface area contributed by atoms with Crippen LogP contribution in [0.4, 0.5) is 15.8 Å². The van der Waals surface area contributed by atoms with E-state index in [1.165, 1.54) is 0 Å². The summed E-state index contributed by atoms with van der Waals surface area (Å²) in [6.45, 7) is 4.93. The van der Waals surface area contributed by atoms with E-state index in [4.69, 9.17) is 4.74 Å². The van der Waals surface area contributed by atoms with Gasteiger partial charge in [0, 0.05) is 12.1 Å². The Bertz CT molecular complexity index is 595. The monoisotopic (exact) mass is 312 g/mol. The summed E-state index contributed by atoms with van der Waals surface area (Å²) < 4.78 is 18.2. The molecule has 0 bridgehead atoms. The van der Waals surface area contributed by atoms with Gasteiger partial charge in [0.25, 0.3) is 11.6 Å². The molecule has 0 aliphatic carbocycles. The Hall–Kier alpha value is -2.51. The van der Waals surface area contributed by atoms with Crippen molar-refractivity contribution in [1.29, 1.82) is 0 Å². The summed E-state index contributed by atoms with van der Waals surface area (Å²) >= 11 is 0. The van der Waals surface area contributed by atoms with Gasteiger partial charge in [0.2, 0.25) is 0 Å². The number of anilines is 1. The highest BCUT2D eigenvalue weighted by Crippen LogP contribution is 2.21. The summed E-state index contributed by atoms with van der Waals surface area (Å²) in [6.07, 6.45) is 0.130. The minimum Gasteiger partial charge on any atom is -0.456 e. The van der Waals surface area contributed by atoms with Crippen LogP contribution in [0.5, 0.6) is 0 Å². The predicted molar refractivity (Wildman–Crippen MR) is 76.7 cm³/mol. The van der Waals surface area contributed by atoms with E-state index in [0.29, 0.717) is 0 Å². The first-order chi connectivity index (χ1) is 10.1. The number of carbonyl (C=O) groups is 2. The Balaban J connectivity index is 2.60. The molecule has 120 valence electrons. The van der Waals surface area contributed by atoms with Crippen molar-refractivity contribution in [2.75, 3.05) is 11.9 Å². The van der Waals surface area contributed by atoms with Crippen LogP contribution in [0.15, 0.2) is 18.2 Å². The molecule has 0 atom stereocenters. The number of hydrogen-bond acceptors (Lipinski definition) is 5. The van der Waals surface area contributed by atoms with E-state index in [9.17, 15) is 24.1 Å². The van der Waals surface area contributed by atoms with Gasteiger partial charge in [0.05, 0.1) is 17.0 Å². The van der Waals surface area contributed by atoms with Crippen molar-refractivity contribution in [2.24, 2.45) is 5.41 Å². The standard InChI is InChI=1S/C14H17FN2O5/c1-14(2,3)7-13(19)22-8-12(18)16-11-6-9(17(20)21)4-5-10(11)15/h4-6H,7-8H2,1-3H3,(H,16,18). The molecule has 1 aromatic carbocycles. The minimum atomic E-state index is -0.819. The van der Waals surface area contributed by atoms with E-state index in [1.807, 2.05) is 20.8 Å². The molecule has 1 aromatic rings. The molecule has 0 fully saturated rings. The lowest BCUT2D eigenvalue weighted by Gasteiger charge is -2.16. The molecule has 0 aliphatic rings. The Kier molecular flexibility index (Phi) is 5.56. The summed E-state index contributed by atoms with van der Waals surface area (Å²) in [7, 11) is 0. The summed E-state index contributed by atoms with van der Waals surface area (Å²) in [5.41, 5.74) is -0.979. The second-order valence-corrected chi connectivity index (χ2v) is 5.87. The van der Waals surface area contributed by atoms with Crippen LogP contribution >= 0.6 is 0 Å². The number of ether oxygens (including phenoxy) is 1. The van der Waals surface area contributed by atoms with E-state index >= 15 is 0 Å². The fourth-order valence-corrected chi connectivity index (χ4v) is 1.54. The minimum absolute atomic E-state index is 0.130. The van der Waals surface area contributed by atoms with Gasteiger partial charge in [-0.3, -0.25) is 19.7 Å². The molecule has 0 unspecified atom stereocenters. The Labute approximate surface area is 126 Å². The lowest BCUT2D eigenvalue weighted by molar-refractivity contribution is -0.384. The second-order valence-electron chi connectivity index (χ2n) is 5.87. The highest BCUT2D eigenvalue weighted by atomic mass is 19.1. The maximum absolute atomic E-state index is 13.5. The van der Waals surface area contributed by atoms with Crippen molar-refractivity contribution >= 4 is 23.3 Å². The van der Waals surface area contributed by atoms with Crippen molar-refractivity contribution in [3.63, 3.8) is 0 Å². The van der Waals surface area contributed by atoms with Crippen LogP contribution in [0.1, 0.15) is 27.2 Å². The molecule has 0 saturated carbocycles. The third-order valence-electron chi connectivity index (χ3n) is 2.47. The number of nitro benzene ring substituents is 1. The molecule has 0 spiro atoms. The SMILES string of the molecule is CC(C)(C)CC(=O)OCC(=O)Nc1cc([N+](=O)[O-])ccc1F. The summed E-state index contributed by atoms with van der Waals surface area (Å²) in [4.78, 5) is 32.9. The molecule has 1 rings (SSSR count). The highest BCUT2D eigenvalue weighted by molar-refractivity contribution is 5.93. The molecule has 0 saturated heterocycles. The van der Waals surface area contributed by atoms with Gasteiger partial charge in [0.1, 0.15) is 5.82 Å². The smallest absolute Gasteiger partial charge is 0.306 e. The summed E-state index contributed by atoms with van der Waals surface area (Å²) in [5.74, 6) is -2.15. The number of rotatable bonds is 5. The third-order valence-corrected chi connectivity index (χ3v) is 2.47. The quantitative estimate of drug-likeness (QED) is 0.512. The van der Waals surface area contributed by atoms with E-state index < -0.39 is 29.2 Å². The highest BCUT2D eigenvalue weighted by Gasteiger charge is 2.18. The van der Waals surface area contributed by atoms with E-state index in [1.54, 1.807) is 0 Å². The zero-order valence-electron chi connectivity index (χ0n) is 12.5. The zero-order chi connectivity index (χ0) is 16.9. The van der Waals surface area contributed by atoms with E-state index in [-0.39, 0.29) is 23.2 Å². The number of amides is 1. The normalized spacial score (nSPS) is 10.9. The number of nitrogens with one attached hydrogen (secondary N) is 1. The molecular weight excluding hydrogens is 295 g/mol. The number of esters is 1. The van der Waals surface area contributed by atoms with Gasteiger partial charge in [-0.2, -0.15) is 0 Å². The lowest BCUT2D eigenvalue weighted by Crippen LogP contribution is -2.23. The third kappa shape index (κ3) is 5.86. The lowest BCUT2D eigenvalue weighted by atomic mass is 9.92. The number of benzene rings is 1. The Morgan fingerprint density at radius 2 is 2.00 bits per heavy atom. The molecule has 1 amide bonds. The first kappa shape index (κ1) is 17.5. The van der Waals surface area contributed by atoms with Crippen LogP contribution in [0.25, 0.3) is 0 Å². The number of nitro groups is 1. The summed E-state index contributed by atoms with van der Waals surface area (Å²) in [6, 6.07) is 2.75. The van der Waals surface area contributed by atoms with Crippen LogP contribution in [0, 0.1) is 21.3 Å². The molecule has 0 radical (unpaired) electrons. The van der Waals surface area contributed by atoms with E-state index in [0.717, 1.165) is 18.2 Å². The Morgan fingerprint density at radius 3 is 2.55 bits per heavy atom. The van der Waals surface area contributed by atoms with Gasteiger partial charge in [-0.1, -0.05) is 20.8 Å². The second kappa shape index (κ2) is 6.97. The first-order valence-electron chi connectivity index (χ1n) is 6.48. The maximum Gasteiger partial charge on any atom is 0.306 e. The maximum atomic E-state index is 13.5. The van der Waals surface area contributed by atoms with Crippen molar-refractivity contribution in [3.8, 4) is 0 Å². The van der Waals surface area contributed by atoms with E-state index in [2.05, 4.69) is 5.32 Å². The number of carbonyl (C=O) groups excluding carboxylic acids is 2. The van der Waals surface area contributed by atoms with Crippen molar-refractivity contribution in [3.05, 3.63) is 34.1 Å². The molecule has 8 heteroatoms. The number of non-ortho nitro benzene ring substituents is 1. The molecular formula is C14H17FN2O5. The molecule has 0 aliphatic heterocycles. The summed E-state index contributed by atoms with van der Waals surface area (Å²) in [5, 5.41) is 12.7. The van der Waals surface area contributed by atoms with Crippen LogP contribution in [0.3, 0.4) is 0 Å². The van der Waals surface area contributed by atoms with Crippen molar-refractivity contribution < 1.29 is 23.6 Å². The van der Waals surface area contributed by atoms with Crippen LogP contribution < -0.4 is 5.32 Å². The fourth-order valence-electron chi connectivity index (χ4n) is 1.54. The van der Waals surface area contributed by atoms with Crippen LogP contribution in [-0.2, 0) is 14.3 Å². The van der Waals surface area contributed by atoms with Gasteiger partial charge < -0.3 is 10.1 Å². The zero-order valence-corrected chi connectivity index (χ0v) is 12.5. The van der Waals surface area contributed by atoms with Gasteiger partial charge in [-0.15, -0.1) is 0 Å². The number of hydrogen-bond donors (Lipinski definition) is 1. The van der Waals surface area contributed by atoms with Crippen molar-refractivity contribution in [1.82, 2.24) is 0 Å².